The number of ketones is 1. The third-order valence-corrected chi connectivity index (χ3v) is 2.40. The van der Waals surface area contributed by atoms with Crippen LogP contribution in [-0.2, 0) is 7.05 Å². The van der Waals surface area contributed by atoms with Crippen molar-refractivity contribution >= 4 is 5.78 Å². The van der Waals surface area contributed by atoms with E-state index in [1.807, 2.05) is 6.07 Å². The van der Waals surface area contributed by atoms with E-state index in [1.165, 1.54) is 4.68 Å². The number of hydrogen-bond acceptors (Lipinski definition) is 4. The summed E-state index contributed by atoms with van der Waals surface area (Å²) in [6.45, 7) is 0. The number of aromatic nitrogens is 3. The van der Waals surface area contributed by atoms with Crippen molar-refractivity contribution < 1.29 is 4.79 Å². The molecule has 2 heterocycles. The third-order valence-electron chi connectivity index (χ3n) is 2.40. The van der Waals surface area contributed by atoms with E-state index < -0.39 is 5.92 Å². The van der Waals surface area contributed by atoms with E-state index in [-0.39, 0.29) is 5.78 Å². The van der Waals surface area contributed by atoms with Gasteiger partial charge in [-0.15, -0.1) is 0 Å². The maximum absolute atomic E-state index is 12.1. The Morgan fingerprint density at radius 2 is 2.12 bits per heavy atom. The van der Waals surface area contributed by atoms with Gasteiger partial charge >= 0.3 is 0 Å². The van der Waals surface area contributed by atoms with Crippen molar-refractivity contribution in [2.45, 2.75) is 5.92 Å². The maximum Gasteiger partial charge on any atom is 0.204 e. The van der Waals surface area contributed by atoms with Crippen LogP contribution < -0.4 is 0 Å². The SMILES string of the molecule is Cn1ccc(C(=O)C(C#N)c2ccncc2)n1. The molecule has 0 fully saturated rings. The predicted octanol–water partition coefficient (Wildman–Crippen LogP) is 1.31. The van der Waals surface area contributed by atoms with Crippen molar-refractivity contribution in [3.05, 3.63) is 48.0 Å². The van der Waals surface area contributed by atoms with Crippen molar-refractivity contribution in [2.24, 2.45) is 7.05 Å². The molecule has 2 rings (SSSR count). The molecule has 84 valence electrons. The smallest absolute Gasteiger partial charge is 0.204 e. The van der Waals surface area contributed by atoms with Crippen molar-refractivity contribution in [2.75, 3.05) is 0 Å². The molecule has 1 unspecified atom stereocenters. The van der Waals surface area contributed by atoms with Gasteiger partial charge in [0.05, 0.1) is 6.07 Å². The van der Waals surface area contributed by atoms with Crippen LogP contribution in [0.4, 0.5) is 0 Å². The fourth-order valence-electron chi connectivity index (χ4n) is 1.53. The first-order valence-corrected chi connectivity index (χ1v) is 5.06. The zero-order chi connectivity index (χ0) is 12.3. The molecule has 0 N–H and O–H groups in total. The van der Waals surface area contributed by atoms with E-state index in [9.17, 15) is 4.79 Å². The normalized spacial score (nSPS) is 11.8. The van der Waals surface area contributed by atoms with Gasteiger partial charge in [0, 0.05) is 25.6 Å². The standard InChI is InChI=1S/C12H10N4O/c1-16-7-4-11(15-16)12(17)10(8-13)9-2-5-14-6-3-9/h2-7,10H,1H3. The number of Topliss-reactive ketones (excluding diaryl/α,β-unsaturated/α-hetero) is 1. The van der Waals surface area contributed by atoms with Gasteiger partial charge in [-0.25, -0.2) is 0 Å². The van der Waals surface area contributed by atoms with Crippen LogP contribution in [0.5, 0.6) is 0 Å². The number of nitrogens with zero attached hydrogens (tertiary/aromatic N) is 4. The quantitative estimate of drug-likeness (QED) is 0.739. The van der Waals surface area contributed by atoms with Crippen LogP contribution in [0.2, 0.25) is 0 Å². The van der Waals surface area contributed by atoms with Crippen LogP contribution in [0.15, 0.2) is 36.8 Å². The largest absolute Gasteiger partial charge is 0.290 e. The topological polar surface area (TPSA) is 71.6 Å². The third kappa shape index (κ3) is 2.21. The molecule has 0 radical (unpaired) electrons. The highest BCUT2D eigenvalue weighted by Crippen LogP contribution is 2.18. The molecule has 2 aromatic heterocycles. The second kappa shape index (κ2) is 4.58. The summed E-state index contributed by atoms with van der Waals surface area (Å²) in [6.07, 6.45) is 4.80. The molecule has 0 saturated heterocycles. The Labute approximate surface area is 98.3 Å². The van der Waals surface area contributed by atoms with Crippen LogP contribution in [0.1, 0.15) is 22.0 Å². The molecule has 5 nitrogen and oxygen atoms in total. The van der Waals surface area contributed by atoms with Gasteiger partial charge < -0.3 is 0 Å². The van der Waals surface area contributed by atoms with Gasteiger partial charge in [0.1, 0.15) is 11.6 Å². The monoisotopic (exact) mass is 226 g/mol. The predicted molar refractivity (Wildman–Crippen MR) is 60.1 cm³/mol. The zero-order valence-corrected chi connectivity index (χ0v) is 9.24. The Morgan fingerprint density at radius 1 is 1.41 bits per heavy atom. The van der Waals surface area contributed by atoms with Crippen molar-refractivity contribution in [3.8, 4) is 6.07 Å². The van der Waals surface area contributed by atoms with E-state index in [0.29, 0.717) is 11.3 Å². The first-order chi connectivity index (χ1) is 8.22. The minimum absolute atomic E-state index is 0.292. The van der Waals surface area contributed by atoms with Gasteiger partial charge in [-0.1, -0.05) is 0 Å². The molecule has 0 aliphatic rings. The van der Waals surface area contributed by atoms with Crippen LogP contribution >= 0.6 is 0 Å². The highest BCUT2D eigenvalue weighted by Gasteiger charge is 2.23. The number of aryl methyl sites for hydroxylation is 1. The van der Waals surface area contributed by atoms with E-state index in [2.05, 4.69) is 10.1 Å². The van der Waals surface area contributed by atoms with Gasteiger partial charge in [-0.05, 0) is 23.8 Å². The lowest BCUT2D eigenvalue weighted by atomic mass is 9.95. The highest BCUT2D eigenvalue weighted by atomic mass is 16.1. The summed E-state index contributed by atoms with van der Waals surface area (Å²) >= 11 is 0. The van der Waals surface area contributed by atoms with E-state index in [0.717, 1.165) is 0 Å². The van der Waals surface area contributed by atoms with Gasteiger partial charge in [0.15, 0.2) is 0 Å². The van der Waals surface area contributed by atoms with Crippen molar-refractivity contribution in [3.63, 3.8) is 0 Å². The van der Waals surface area contributed by atoms with E-state index in [1.54, 1.807) is 43.8 Å². The van der Waals surface area contributed by atoms with Gasteiger partial charge in [0.25, 0.3) is 0 Å². The summed E-state index contributed by atoms with van der Waals surface area (Å²) in [6, 6.07) is 6.93. The summed E-state index contributed by atoms with van der Waals surface area (Å²) in [5.74, 6) is -1.12. The average Bonchev–Trinajstić information content (AvgIpc) is 2.78. The van der Waals surface area contributed by atoms with Crippen LogP contribution in [-0.4, -0.2) is 20.5 Å². The number of hydrogen-bond donors (Lipinski definition) is 0. The summed E-state index contributed by atoms with van der Waals surface area (Å²) < 4.78 is 1.54. The maximum atomic E-state index is 12.1. The number of nitriles is 1. The molecule has 1 atom stereocenters. The van der Waals surface area contributed by atoms with Crippen molar-refractivity contribution in [1.82, 2.24) is 14.8 Å². The molecule has 0 saturated carbocycles. The van der Waals surface area contributed by atoms with Crippen molar-refractivity contribution in [1.29, 1.82) is 5.26 Å². The lowest BCUT2D eigenvalue weighted by molar-refractivity contribution is 0.0973. The Hall–Kier alpha value is -2.48. The number of carbonyl (C=O) groups is 1. The minimum Gasteiger partial charge on any atom is -0.290 e. The molecular formula is C12H10N4O. The molecule has 17 heavy (non-hydrogen) atoms. The lowest BCUT2D eigenvalue weighted by Gasteiger charge is -2.05. The highest BCUT2D eigenvalue weighted by molar-refractivity contribution is 6.01. The van der Waals surface area contributed by atoms with E-state index in [4.69, 9.17) is 5.26 Å². The molecule has 0 amide bonds. The van der Waals surface area contributed by atoms with E-state index >= 15 is 0 Å². The molecule has 0 bridgehead atoms. The number of rotatable bonds is 3. The molecule has 5 heteroatoms. The zero-order valence-electron chi connectivity index (χ0n) is 9.24. The molecule has 0 spiro atoms. The fraction of sp³-hybridized carbons (Fsp3) is 0.167. The Morgan fingerprint density at radius 3 is 2.65 bits per heavy atom. The fourth-order valence-corrected chi connectivity index (χ4v) is 1.53. The molecule has 2 aromatic rings. The Balaban J connectivity index is 2.32. The van der Waals surface area contributed by atoms with Gasteiger partial charge in [-0.2, -0.15) is 10.4 Å². The number of pyridine rings is 1. The summed E-state index contributed by atoms with van der Waals surface area (Å²) in [5, 5.41) is 13.1. The van der Waals surface area contributed by atoms with Crippen LogP contribution in [0, 0.1) is 11.3 Å². The Bertz CT molecular complexity index is 568. The molecule has 0 aliphatic heterocycles. The van der Waals surface area contributed by atoms with Gasteiger partial charge in [0.2, 0.25) is 5.78 Å². The molecular weight excluding hydrogens is 216 g/mol. The van der Waals surface area contributed by atoms with Crippen LogP contribution in [0.3, 0.4) is 0 Å². The molecule has 0 aliphatic carbocycles. The second-order valence-corrected chi connectivity index (χ2v) is 3.58. The first kappa shape index (κ1) is 11.0. The minimum atomic E-state index is -0.826. The van der Waals surface area contributed by atoms with Gasteiger partial charge in [-0.3, -0.25) is 14.5 Å². The second-order valence-electron chi connectivity index (χ2n) is 3.58. The molecule has 0 aromatic carbocycles. The number of carbonyl (C=O) groups excluding carboxylic acids is 1. The van der Waals surface area contributed by atoms with Crippen LogP contribution in [0.25, 0.3) is 0 Å². The first-order valence-electron chi connectivity index (χ1n) is 5.06. The Kier molecular flexibility index (Phi) is 2.97. The summed E-state index contributed by atoms with van der Waals surface area (Å²) in [4.78, 5) is 15.9. The summed E-state index contributed by atoms with van der Waals surface area (Å²) in [5.41, 5.74) is 0.939. The average molecular weight is 226 g/mol. The lowest BCUT2D eigenvalue weighted by Crippen LogP contribution is -2.12. The summed E-state index contributed by atoms with van der Waals surface area (Å²) in [7, 11) is 1.73.